The molecule has 0 aliphatic carbocycles. The minimum Gasteiger partial charge on any atom is -0.491 e. The molecule has 1 saturated heterocycles. The lowest BCUT2D eigenvalue weighted by molar-refractivity contribution is -0.126. The third-order valence-electron chi connectivity index (χ3n) is 7.70. The summed E-state index contributed by atoms with van der Waals surface area (Å²) in [5.74, 6) is -1.10. The summed E-state index contributed by atoms with van der Waals surface area (Å²) in [7, 11) is 0. The zero-order valence-corrected chi connectivity index (χ0v) is 23.9. The van der Waals surface area contributed by atoms with E-state index in [2.05, 4.69) is 26.8 Å². The van der Waals surface area contributed by atoms with E-state index in [1.807, 2.05) is 18.7 Å². The van der Waals surface area contributed by atoms with Gasteiger partial charge in [-0.05, 0) is 36.6 Å². The van der Waals surface area contributed by atoms with Crippen molar-refractivity contribution in [3.63, 3.8) is 0 Å². The number of hydrogen-bond acceptors (Lipinski definition) is 8. The lowest BCUT2D eigenvalue weighted by Crippen LogP contribution is -2.49. The quantitative estimate of drug-likeness (QED) is 0.355. The summed E-state index contributed by atoms with van der Waals surface area (Å²) >= 11 is 0. The van der Waals surface area contributed by atoms with E-state index in [0.29, 0.717) is 68.6 Å². The van der Waals surface area contributed by atoms with Crippen molar-refractivity contribution in [3.8, 4) is 22.7 Å². The number of carbonyl (C=O) groups is 1. The number of hydrogen-bond donors (Lipinski definition) is 1. The fraction of sp³-hybridized carbons (Fsp3) is 0.323. The van der Waals surface area contributed by atoms with Crippen LogP contribution >= 0.6 is 0 Å². The van der Waals surface area contributed by atoms with Crippen molar-refractivity contribution >= 4 is 28.4 Å². The number of anilines is 2. The summed E-state index contributed by atoms with van der Waals surface area (Å²) in [6.45, 7) is 9.60. The highest BCUT2D eigenvalue weighted by atomic mass is 19.1. The number of amides is 1. The Hall–Kier alpha value is -4.87. The summed E-state index contributed by atoms with van der Waals surface area (Å²) in [5.41, 5.74) is 0.447. The van der Waals surface area contributed by atoms with Crippen molar-refractivity contribution in [2.75, 3.05) is 49.5 Å². The summed E-state index contributed by atoms with van der Waals surface area (Å²) in [4.78, 5) is 43.3. The maximum atomic E-state index is 16.1. The fourth-order valence-corrected chi connectivity index (χ4v) is 5.60. The first-order chi connectivity index (χ1) is 20.8. The van der Waals surface area contributed by atoms with Gasteiger partial charge in [-0.1, -0.05) is 26.5 Å². The minimum absolute atomic E-state index is 0.0357. The molecular weight excluding hydrogens is 556 g/mol. The highest BCUT2D eigenvalue weighted by molar-refractivity contribution is 5.92. The third kappa shape index (κ3) is 5.06. The highest BCUT2D eigenvalue weighted by Crippen LogP contribution is 2.37. The van der Waals surface area contributed by atoms with Gasteiger partial charge in [0.15, 0.2) is 11.5 Å². The standard InChI is InChI=1S/C31H31F2N7O3/c1-4-24(41)38-12-14-39(15-13-38)29-19-17-21(33)27-25-20(32)7-5-8-22(25)34-10-6-16-43-23-9-11-35-26(18(2)3)28(23)40(30(19)36-27)31(42)37-29/h4-5,7-9,11,17-18,34H,1,6,10,12-16H2,2-3H3. The van der Waals surface area contributed by atoms with Crippen molar-refractivity contribution in [2.24, 2.45) is 0 Å². The van der Waals surface area contributed by atoms with Crippen LogP contribution in [0.5, 0.6) is 5.75 Å². The van der Waals surface area contributed by atoms with Crippen LogP contribution in [-0.2, 0) is 4.79 Å². The molecule has 222 valence electrons. The van der Waals surface area contributed by atoms with Gasteiger partial charge in [0.1, 0.15) is 28.8 Å². The normalized spacial score (nSPS) is 15.1. The molecule has 0 radical (unpaired) electrons. The van der Waals surface area contributed by atoms with Crippen LogP contribution in [0.1, 0.15) is 31.9 Å². The number of benzene rings is 1. The van der Waals surface area contributed by atoms with E-state index >= 15 is 8.78 Å². The maximum Gasteiger partial charge on any atom is 0.356 e. The highest BCUT2D eigenvalue weighted by Gasteiger charge is 2.29. The first-order valence-electron chi connectivity index (χ1n) is 14.2. The molecule has 5 heterocycles. The molecule has 43 heavy (non-hydrogen) atoms. The molecule has 12 heteroatoms. The number of rotatable bonds is 3. The predicted molar refractivity (Wildman–Crippen MR) is 160 cm³/mol. The number of carbonyl (C=O) groups excluding carboxylic acids is 1. The number of nitrogens with one attached hydrogen (secondary N) is 1. The molecule has 2 aliphatic heterocycles. The number of nitrogens with zero attached hydrogens (tertiary/aromatic N) is 6. The number of aromatic nitrogens is 4. The topological polar surface area (TPSA) is 105 Å². The molecular formula is C31H31F2N7O3. The summed E-state index contributed by atoms with van der Waals surface area (Å²) < 4.78 is 39.0. The SMILES string of the molecule is C=CC(=O)N1CCN(c2nc(=O)n3c4nc(c(F)cc24)-c2c(F)cccc2NCCCOc2ccnc(C(C)C)c2-3)CC1. The molecule has 0 saturated carbocycles. The van der Waals surface area contributed by atoms with E-state index in [0.717, 1.165) is 0 Å². The van der Waals surface area contributed by atoms with Crippen LogP contribution < -0.4 is 20.6 Å². The molecule has 3 aromatic heterocycles. The van der Waals surface area contributed by atoms with Gasteiger partial charge in [-0.15, -0.1) is 0 Å². The Morgan fingerprint density at radius 3 is 2.65 bits per heavy atom. The summed E-state index contributed by atoms with van der Waals surface area (Å²) in [6.07, 6.45) is 3.42. The molecule has 6 rings (SSSR count). The predicted octanol–water partition coefficient (Wildman–Crippen LogP) is 4.27. The summed E-state index contributed by atoms with van der Waals surface area (Å²) in [5, 5.41) is 3.44. The molecule has 10 nitrogen and oxygen atoms in total. The molecule has 2 aliphatic rings. The van der Waals surface area contributed by atoms with Gasteiger partial charge in [0.2, 0.25) is 5.91 Å². The van der Waals surface area contributed by atoms with Crippen LogP contribution in [-0.4, -0.2) is 69.7 Å². The van der Waals surface area contributed by atoms with Gasteiger partial charge in [-0.2, -0.15) is 4.98 Å². The lowest BCUT2D eigenvalue weighted by Gasteiger charge is -2.35. The molecule has 0 unspecified atom stereocenters. The van der Waals surface area contributed by atoms with Gasteiger partial charge in [-0.25, -0.2) is 23.1 Å². The average Bonchev–Trinajstić information content (AvgIpc) is 3.01. The van der Waals surface area contributed by atoms with Crippen LogP contribution in [0.25, 0.3) is 28.0 Å². The molecule has 1 aromatic carbocycles. The van der Waals surface area contributed by atoms with E-state index in [4.69, 9.17) is 4.74 Å². The van der Waals surface area contributed by atoms with E-state index in [1.165, 1.54) is 22.8 Å². The van der Waals surface area contributed by atoms with Gasteiger partial charge in [0, 0.05) is 50.7 Å². The Kier molecular flexibility index (Phi) is 7.51. The van der Waals surface area contributed by atoms with Gasteiger partial charge >= 0.3 is 5.69 Å². The van der Waals surface area contributed by atoms with Crippen LogP contribution in [0.3, 0.4) is 0 Å². The number of ether oxygens (including phenoxy) is 1. The average molecular weight is 588 g/mol. The van der Waals surface area contributed by atoms with Gasteiger partial charge < -0.3 is 19.9 Å². The Morgan fingerprint density at radius 2 is 1.91 bits per heavy atom. The molecule has 0 spiro atoms. The second kappa shape index (κ2) is 11.4. The number of fused-ring (bicyclic) bond motifs is 5. The number of piperazine rings is 1. The van der Waals surface area contributed by atoms with Crippen molar-refractivity contribution < 1.29 is 18.3 Å². The third-order valence-corrected chi connectivity index (χ3v) is 7.70. The second-order valence-corrected chi connectivity index (χ2v) is 10.7. The first kappa shape index (κ1) is 28.3. The van der Waals surface area contributed by atoms with Gasteiger partial charge in [-0.3, -0.25) is 9.78 Å². The molecule has 2 bridgehead atoms. The second-order valence-electron chi connectivity index (χ2n) is 10.7. The van der Waals surface area contributed by atoms with E-state index in [-0.39, 0.29) is 39.9 Å². The van der Waals surface area contributed by atoms with Crippen LogP contribution in [0, 0.1) is 11.6 Å². The zero-order valence-electron chi connectivity index (χ0n) is 23.9. The Balaban J connectivity index is 1.66. The monoisotopic (exact) mass is 587 g/mol. The van der Waals surface area contributed by atoms with E-state index in [9.17, 15) is 9.59 Å². The molecule has 1 N–H and O–H groups in total. The summed E-state index contributed by atoms with van der Waals surface area (Å²) in [6, 6.07) is 7.38. The Bertz CT molecular complexity index is 1800. The number of pyridine rings is 2. The van der Waals surface area contributed by atoms with E-state index in [1.54, 1.807) is 29.3 Å². The van der Waals surface area contributed by atoms with Crippen LogP contribution in [0.4, 0.5) is 20.3 Å². The minimum atomic E-state index is -0.768. The van der Waals surface area contributed by atoms with Crippen molar-refractivity contribution in [1.29, 1.82) is 0 Å². The molecule has 0 atom stereocenters. The molecule has 1 fully saturated rings. The fourth-order valence-electron chi connectivity index (χ4n) is 5.60. The van der Waals surface area contributed by atoms with Crippen LogP contribution in [0.15, 0.2) is 54.0 Å². The van der Waals surface area contributed by atoms with Crippen molar-refractivity contribution in [3.05, 3.63) is 77.0 Å². The van der Waals surface area contributed by atoms with Crippen molar-refractivity contribution in [1.82, 2.24) is 24.4 Å². The van der Waals surface area contributed by atoms with Crippen LogP contribution in [0.2, 0.25) is 0 Å². The van der Waals surface area contributed by atoms with Crippen molar-refractivity contribution in [2.45, 2.75) is 26.2 Å². The largest absolute Gasteiger partial charge is 0.491 e. The maximum absolute atomic E-state index is 16.1. The first-order valence-corrected chi connectivity index (χ1v) is 14.2. The zero-order chi connectivity index (χ0) is 30.2. The van der Waals surface area contributed by atoms with E-state index < -0.39 is 17.3 Å². The Labute approximate surface area is 246 Å². The van der Waals surface area contributed by atoms with Gasteiger partial charge in [0.05, 0.1) is 23.3 Å². The smallest absolute Gasteiger partial charge is 0.356 e. The molecule has 4 aromatic rings. The van der Waals surface area contributed by atoms with Gasteiger partial charge in [0.25, 0.3) is 0 Å². The molecule has 1 amide bonds. The number of halogens is 2. The lowest BCUT2D eigenvalue weighted by atomic mass is 10.1. The Morgan fingerprint density at radius 1 is 1.12 bits per heavy atom.